The molecule has 2 N–H and O–H groups in total. The minimum Gasteiger partial charge on any atom is -0.396 e. The van der Waals surface area contributed by atoms with Crippen molar-refractivity contribution in [1.82, 2.24) is 0 Å². The highest BCUT2D eigenvalue weighted by Crippen LogP contribution is 2.43. The molecule has 6 nitrogen and oxygen atoms in total. The number of hydrogen-bond acceptors (Lipinski definition) is 4. The predicted molar refractivity (Wildman–Crippen MR) is 107 cm³/mol. The average Bonchev–Trinajstić information content (AvgIpc) is 2.54. The first-order valence-electron chi connectivity index (χ1n) is 10.2. The molecule has 0 aliphatic carbocycles. The Morgan fingerprint density at radius 2 is 1.46 bits per heavy atom. The normalized spacial score (nSPS) is 15.8. The lowest BCUT2D eigenvalue weighted by atomic mass is 10.0. The molecule has 7 heteroatoms. The molecule has 26 heavy (non-hydrogen) atoms. The zero-order valence-corrected chi connectivity index (χ0v) is 18.4. The number of aliphatic hydroxyl groups is 1. The van der Waals surface area contributed by atoms with Crippen LogP contribution in [0.1, 0.15) is 71.1 Å². The van der Waals surface area contributed by atoms with Gasteiger partial charge in [0.2, 0.25) is 0 Å². The molecule has 0 fully saturated rings. The van der Waals surface area contributed by atoms with Gasteiger partial charge in [-0.05, 0) is 6.42 Å². The number of aliphatic hydroxyl groups excluding tert-OH is 1. The number of phosphoric ester groups is 1. The monoisotopic (exact) mass is 396 g/mol. The predicted octanol–water partition coefficient (Wildman–Crippen LogP) is 4.36. The van der Waals surface area contributed by atoms with Gasteiger partial charge in [-0.1, -0.05) is 64.7 Å². The highest BCUT2D eigenvalue weighted by molar-refractivity contribution is 7.47. The van der Waals surface area contributed by atoms with Crippen molar-refractivity contribution in [2.75, 3.05) is 47.5 Å². The Morgan fingerprint density at radius 3 is 1.96 bits per heavy atom. The summed E-state index contributed by atoms with van der Waals surface area (Å²) in [6.07, 6.45) is 12.1. The van der Waals surface area contributed by atoms with Crippen molar-refractivity contribution in [3.63, 3.8) is 0 Å². The third kappa shape index (κ3) is 17.4. The molecular weight excluding hydrogens is 353 g/mol. The van der Waals surface area contributed by atoms with Crippen molar-refractivity contribution in [3.8, 4) is 0 Å². The van der Waals surface area contributed by atoms with Crippen LogP contribution in [0.2, 0.25) is 0 Å². The van der Waals surface area contributed by atoms with E-state index in [4.69, 9.17) is 9.05 Å². The van der Waals surface area contributed by atoms with Gasteiger partial charge in [-0.15, -0.1) is 0 Å². The smallest absolute Gasteiger partial charge is 0.396 e. The minimum absolute atomic E-state index is 0.0318. The SMILES string of the molecule is CCCCCCCCCCCC(CO)COP(=O)(O)OCC[N+](C)(C)C. The average molecular weight is 397 g/mol. The third-order valence-corrected chi connectivity index (χ3v) is 5.45. The van der Waals surface area contributed by atoms with E-state index in [1.165, 1.54) is 44.9 Å². The van der Waals surface area contributed by atoms with Gasteiger partial charge in [0, 0.05) is 12.5 Å². The van der Waals surface area contributed by atoms with E-state index in [1.54, 1.807) is 0 Å². The summed E-state index contributed by atoms with van der Waals surface area (Å²) in [4.78, 5) is 9.71. The summed E-state index contributed by atoms with van der Waals surface area (Å²) >= 11 is 0. The van der Waals surface area contributed by atoms with Crippen LogP contribution in [-0.4, -0.2) is 62.0 Å². The van der Waals surface area contributed by atoms with Gasteiger partial charge in [-0.3, -0.25) is 9.05 Å². The lowest BCUT2D eigenvalue weighted by Crippen LogP contribution is -2.37. The first-order valence-corrected chi connectivity index (χ1v) is 11.7. The molecule has 0 heterocycles. The molecule has 0 spiro atoms. The topological polar surface area (TPSA) is 76.0 Å². The standard InChI is InChI=1S/C19H42NO5P/c1-5-6-7-8-9-10-11-12-13-14-19(17-21)18-25-26(22,23)24-16-15-20(2,3)4/h19,21H,5-18H2,1-4H3/p+1. The molecule has 0 aliphatic rings. The molecule has 2 atom stereocenters. The lowest BCUT2D eigenvalue weighted by Gasteiger charge is -2.24. The fraction of sp³-hybridized carbons (Fsp3) is 1.00. The number of likely N-dealkylation sites (N-methyl/N-ethyl adjacent to an activating group) is 1. The van der Waals surface area contributed by atoms with Gasteiger partial charge in [0.25, 0.3) is 0 Å². The fourth-order valence-electron chi connectivity index (χ4n) is 2.64. The molecule has 0 aromatic rings. The van der Waals surface area contributed by atoms with Gasteiger partial charge in [0.1, 0.15) is 13.2 Å². The molecule has 0 saturated heterocycles. The summed E-state index contributed by atoms with van der Waals surface area (Å²) in [7, 11) is 1.93. The summed E-state index contributed by atoms with van der Waals surface area (Å²) < 4.78 is 22.6. The Bertz CT molecular complexity index is 373. The first kappa shape index (κ1) is 26.0. The van der Waals surface area contributed by atoms with Gasteiger partial charge < -0.3 is 14.5 Å². The summed E-state index contributed by atoms with van der Waals surface area (Å²) in [5.74, 6) is -0.109. The van der Waals surface area contributed by atoms with Gasteiger partial charge in [-0.25, -0.2) is 4.57 Å². The molecule has 2 unspecified atom stereocenters. The van der Waals surface area contributed by atoms with E-state index in [0.29, 0.717) is 11.0 Å². The molecule has 158 valence electrons. The molecule has 0 aliphatic heterocycles. The van der Waals surface area contributed by atoms with E-state index < -0.39 is 7.82 Å². The van der Waals surface area contributed by atoms with Crippen molar-refractivity contribution in [1.29, 1.82) is 0 Å². The number of hydrogen-bond donors (Lipinski definition) is 2. The van der Waals surface area contributed by atoms with Crippen LogP contribution in [0.25, 0.3) is 0 Å². The van der Waals surface area contributed by atoms with Gasteiger partial charge in [-0.2, -0.15) is 0 Å². The second kappa shape index (κ2) is 15.0. The first-order chi connectivity index (χ1) is 12.2. The second-order valence-electron chi connectivity index (χ2n) is 8.28. The molecule has 0 aromatic heterocycles. The van der Waals surface area contributed by atoms with Crippen LogP contribution in [0, 0.1) is 5.92 Å². The van der Waals surface area contributed by atoms with Gasteiger partial charge >= 0.3 is 7.82 Å². The summed E-state index contributed by atoms with van der Waals surface area (Å²) in [5, 5.41) is 9.43. The van der Waals surface area contributed by atoms with Gasteiger partial charge in [0.05, 0.1) is 27.7 Å². The molecule has 0 bridgehead atoms. The summed E-state index contributed by atoms with van der Waals surface area (Å²) in [5.41, 5.74) is 0. The maximum absolute atomic E-state index is 11.9. The van der Waals surface area contributed by atoms with Crippen LogP contribution in [0.3, 0.4) is 0 Å². The van der Waals surface area contributed by atoms with Crippen molar-refractivity contribution < 1.29 is 28.1 Å². The zero-order valence-electron chi connectivity index (χ0n) is 17.5. The van der Waals surface area contributed by atoms with Crippen molar-refractivity contribution in [2.45, 2.75) is 71.1 Å². The number of rotatable bonds is 18. The van der Waals surface area contributed by atoms with Crippen molar-refractivity contribution in [2.24, 2.45) is 5.92 Å². The second-order valence-corrected chi connectivity index (χ2v) is 9.73. The highest BCUT2D eigenvalue weighted by Gasteiger charge is 2.24. The Labute approximate surface area is 161 Å². The van der Waals surface area contributed by atoms with Crippen LogP contribution < -0.4 is 0 Å². The molecule has 0 radical (unpaired) electrons. The Morgan fingerprint density at radius 1 is 0.923 bits per heavy atom. The largest absolute Gasteiger partial charge is 0.472 e. The van der Waals surface area contributed by atoms with E-state index >= 15 is 0 Å². The zero-order chi connectivity index (χ0) is 19.9. The fourth-order valence-corrected chi connectivity index (χ4v) is 3.42. The Kier molecular flexibility index (Phi) is 15.0. The van der Waals surface area contributed by atoms with Crippen molar-refractivity contribution in [3.05, 3.63) is 0 Å². The van der Waals surface area contributed by atoms with Crippen molar-refractivity contribution >= 4 is 7.82 Å². The summed E-state index contributed by atoms with van der Waals surface area (Å²) in [6.45, 7) is 3.05. The van der Waals surface area contributed by atoms with Crippen LogP contribution in [0.4, 0.5) is 0 Å². The number of phosphoric acid groups is 1. The number of nitrogens with zero attached hydrogens (tertiary/aromatic N) is 1. The minimum atomic E-state index is -4.03. The highest BCUT2D eigenvalue weighted by atomic mass is 31.2. The maximum Gasteiger partial charge on any atom is 0.472 e. The van der Waals surface area contributed by atoms with Crippen LogP contribution in [-0.2, 0) is 13.6 Å². The Balaban J connectivity index is 3.76. The number of unbranched alkanes of at least 4 members (excludes halogenated alkanes) is 8. The molecule has 0 amide bonds. The number of quaternary nitrogens is 1. The molecular formula is C19H43NO5P+. The van der Waals surface area contributed by atoms with E-state index in [9.17, 15) is 14.6 Å². The molecule has 0 saturated carbocycles. The molecule has 0 aromatic carbocycles. The van der Waals surface area contributed by atoms with Gasteiger partial charge in [0.15, 0.2) is 0 Å². The lowest BCUT2D eigenvalue weighted by molar-refractivity contribution is -0.870. The van der Waals surface area contributed by atoms with Crippen LogP contribution in [0.5, 0.6) is 0 Å². The van der Waals surface area contributed by atoms with Crippen LogP contribution in [0.15, 0.2) is 0 Å². The van der Waals surface area contributed by atoms with E-state index in [2.05, 4.69) is 6.92 Å². The van der Waals surface area contributed by atoms with E-state index in [1.807, 2.05) is 21.1 Å². The van der Waals surface area contributed by atoms with E-state index in [-0.39, 0.29) is 25.7 Å². The van der Waals surface area contributed by atoms with E-state index in [0.717, 1.165) is 19.3 Å². The van der Waals surface area contributed by atoms with Crippen LogP contribution >= 0.6 is 7.82 Å². The summed E-state index contributed by atoms with van der Waals surface area (Å²) in [6, 6.07) is 0. The maximum atomic E-state index is 11.9. The quantitative estimate of drug-likeness (QED) is 0.205. The Hall–Kier alpha value is 0.0300. The third-order valence-electron chi connectivity index (χ3n) is 4.46. The molecule has 0 rings (SSSR count).